The number of nitrogens with zero attached hydrogens (tertiary/aromatic N) is 1. The van der Waals surface area contributed by atoms with Crippen molar-refractivity contribution in [3.8, 4) is 0 Å². The van der Waals surface area contributed by atoms with Crippen molar-refractivity contribution in [3.05, 3.63) is 24.0 Å². The molecule has 0 amide bonds. The van der Waals surface area contributed by atoms with Gasteiger partial charge in [-0.2, -0.15) is 0 Å². The van der Waals surface area contributed by atoms with Gasteiger partial charge in [-0.05, 0) is 37.4 Å². The van der Waals surface area contributed by atoms with Crippen LogP contribution in [0.25, 0.3) is 0 Å². The van der Waals surface area contributed by atoms with E-state index in [1.165, 1.54) is 63.5 Å². The van der Waals surface area contributed by atoms with Crippen molar-refractivity contribution >= 4 is 0 Å². The topological polar surface area (TPSA) is 17.0 Å². The molecular formula is C18H34N2. The smallest absolute Gasteiger partial charge is 0.0335 e. The molecule has 2 heteroatoms. The molecule has 1 aromatic rings. The van der Waals surface area contributed by atoms with Gasteiger partial charge in [0.15, 0.2) is 0 Å². The Hall–Kier alpha value is -0.760. The number of hydrogen-bond acceptors (Lipinski definition) is 1. The molecule has 0 radical (unpaired) electrons. The fourth-order valence-electron chi connectivity index (χ4n) is 2.70. The summed E-state index contributed by atoms with van der Waals surface area (Å²) in [5.74, 6) is 0. The van der Waals surface area contributed by atoms with E-state index in [9.17, 15) is 0 Å². The highest BCUT2D eigenvalue weighted by atomic mass is 15.0. The molecule has 2 nitrogen and oxygen atoms in total. The Labute approximate surface area is 126 Å². The summed E-state index contributed by atoms with van der Waals surface area (Å²) < 4.78 is 2.37. The van der Waals surface area contributed by atoms with Crippen LogP contribution < -0.4 is 5.32 Å². The Balaban J connectivity index is 2.38. The van der Waals surface area contributed by atoms with Gasteiger partial charge in [0.2, 0.25) is 0 Å². The van der Waals surface area contributed by atoms with Crippen LogP contribution in [0.1, 0.15) is 83.7 Å². The summed E-state index contributed by atoms with van der Waals surface area (Å²) in [6, 6.07) is 2.84. The van der Waals surface area contributed by atoms with E-state index in [1.807, 2.05) is 0 Å². The van der Waals surface area contributed by atoms with Gasteiger partial charge in [-0.3, -0.25) is 0 Å². The third kappa shape index (κ3) is 6.60. The number of rotatable bonds is 12. The van der Waals surface area contributed by atoms with E-state index in [0.29, 0.717) is 6.04 Å². The first kappa shape index (κ1) is 17.3. The Bertz CT molecular complexity index is 330. The second-order valence-electron chi connectivity index (χ2n) is 5.89. The van der Waals surface area contributed by atoms with Gasteiger partial charge in [-0.25, -0.2) is 0 Å². The average molecular weight is 278 g/mol. The van der Waals surface area contributed by atoms with Crippen molar-refractivity contribution in [1.82, 2.24) is 9.88 Å². The lowest BCUT2D eigenvalue weighted by atomic mass is 10.1. The minimum Gasteiger partial charge on any atom is -0.354 e. The molecule has 1 aromatic heterocycles. The van der Waals surface area contributed by atoms with Gasteiger partial charge in [0.05, 0.1) is 0 Å². The molecule has 0 bridgehead atoms. The highest BCUT2D eigenvalue weighted by molar-refractivity contribution is 5.15. The monoisotopic (exact) mass is 278 g/mol. The number of nitrogens with one attached hydrogen (secondary N) is 1. The molecule has 0 spiro atoms. The third-order valence-corrected chi connectivity index (χ3v) is 3.91. The minimum absolute atomic E-state index is 0.543. The summed E-state index contributed by atoms with van der Waals surface area (Å²) in [7, 11) is 0. The molecule has 20 heavy (non-hydrogen) atoms. The lowest BCUT2D eigenvalue weighted by molar-refractivity contribution is 0.492. The Morgan fingerprint density at radius 2 is 1.80 bits per heavy atom. The number of hydrogen-bond donors (Lipinski definition) is 1. The highest BCUT2D eigenvalue weighted by Gasteiger charge is 2.10. The van der Waals surface area contributed by atoms with Crippen molar-refractivity contribution in [3.63, 3.8) is 0 Å². The van der Waals surface area contributed by atoms with Gasteiger partial charge in [0, 0.05) is 25.0 Å². The second-order valence-corrected chi connectivity index (χ2v) is 5.89. The Morgan fingerprint density at radius 1 is 1.00 bits per heavy atom. The maximum atomic E-state index is 3.67. The molecule has 0 aliphatic heterocycles. The molecule has 116 valence electrons. The molecule has 1 N–H and O–H groups in total. The molecule has 0 saturated carbocycles. The summed E-state index contributed by atoms with van der Waals surface area (Å²) in [5.41, 5.74) is 1.47. The number of aromatic nitrogens is 1. The summed E-state index contributed by atoms with van der Waals surface area (Å²) >= 11 is 0. The van der Waals surface area contributed by atoms with Crippen molar-refractivity contribution < 1.29 is 0 Å². The first-order valence-electron chi connectivity index (χ1n) is 8.70. The fourth-order valence-corrected chi connectivity index (χ4v) is 2.70. The van der Waals surface area contributed by atoms with Crippen LogP contribution in [-0.2, 0) is 6.54 Å². The van der Waals surface area contributed by atoms with Crippen LogP contribution in [0.15, 0.2) is 18.5 Å². The summed E-state index contributed by atoms with van der Waals surface area (Å²) in [4.78, 5) is 0. The predicted molar refractivity (Wildman–Crippen MR) is 89.1 cm³/mol. The van der Waals surface area contributed by atoms with Crippen molar-refractivity contribution in [2.24, 2.45) is 0 Å². The van der Waals surface area contributed by atoms with E-state index in [4.69, 9.17) is 0 Å². The molecular weight excluding hydrogens is 244 g/mol. The molecule has 0 saturated heterocycles. The lowest BCUT2D eigenvalue weighted by Crippen LogP contribution is -2.21. The Morgan fingerprint density at radius 3 is 2.50 bits per heavy atom. The SMILES string of the molecule is CCCCCCCn1ccc(C(CCC)NCCC)c1. The fraction of sp³-hybridized carbons (Fsp3) is 0.778. The van der Waals surface area contributed by atoms with Crippen LogP contribution in [0, 0.1) is 0 Å². The molecule has 0 aliphatic carbocycles. The first-order valence-corrected chi connectivity index (χ1v) is 8.70. The second kappa shape index (κ2) is 11.0. The van der Waals surface area contributed by atoms with E-state index in [0.717, 1.165) is 6.54 Å². The largest absolute Gasteiger partial charge is 0.354 e. The summed E-state index contributed by atoms with van der Waals surface area (Å²) in [6.07, 6.45) is 15.1. The van der Waals surface area contributed by atoms with Gasteiger partial charge in [0.1, 0.15) is 0 Å². The van der Waals surface area contributed by atoms with E-state index in [-0.39, 0.29) is 0 Å². The Kier molecular flexibility index (Phi) is 9.48. The summed E-state index contributed by atoms with van der Waals surface area (Å²) in [5, 5.41) is 3.67. The van der Waals surface area contributed by atoms with Gasteiger partial charge in [0.25, 0.3) is 0 Å². The van der Waals surface area contributed by atoms with E-state index in [2.05, 4.69) is 49.1 Å². The van der Waals surface area contributed by atoms with E-state index >= 15 is 0 Å². The van der Waals surface area contributed by atoms with Gasteiger partial charge in [-0.15, -0.1) is 0 Å². The van der Waals surface area contributed by atoms with Crippen molar-refractivity contribution in [1.29, 1.82) is 0 Å². The molecule has 1 atom stereocenters. The maximum absolute atomic E-state index is 3.67. The van der Waals surface area contributed by atoms with Gasteiger partial charge < -0.3 is 9.88 Å². The molecule has 0 fully saturated rings. The summed E-state index contributed by atoms with van der Waals surface area (Å²) in [6.45, 7) is 9.07. The van der Waals surface area contributed by atoms with Crippen LogP contribution >= 0.6 is 0 Å². The number of aryl methyl sites for hydroxylation is 1. The highest BCUT2D eigenvalue weighted by Crippen LogP contribution is 2.19. The zero-order chi connectivity index (χ0) is 14.6. The molecule has 1 rings (SSSR count). The van der Waals surface area contributed by atoms with E-state index < -0.39 is 0 Å². The number of unbranched alkanes of at least 4 members (excludes halogenated alkanes) is 4. The van der Waals surface area contributed by atoms with Crippen LogP contribution in [-0.4, -0.2) is 11.1 Å². The first-order chi connectivity index (χ1) is 9.81. The average Bonchev–Trinajstić information content (AvgIpc) is 2.92. The molecule has 1 heterocycles. The van der Waals surface area contributed by atoms with Crippen molar-refractivity contribution in [2.45, 2.75) is 84.7 Å². The standard InChI is InChI=1S/C18H34N2/c1-4-7-8-9-10-14-20-15-12-17(16-20)18(11-5-2)19-13-6-3/h12,15-16,18-19H,4-11,13-14H2,1-3H3. The lowest BCUT2D eigenvalue weighted by Gasteiger charge is -2.16. The maximum Gasteiger partial charge on any atom is 0.0335 e. The van der Waals surface area contributed by atoms with Crippen LogP contribution in [0.4, 0.5) is 0 Å². The van der Waals surface area contributed by atoms with Gasteiger partial charge in [-0.1, -0.05) is 52.9 Å². The van der Waals surface area contributed by atoms with Crippen LogP contribution in [0.5, 0.6) is 0 Å². The van der Waals surface area contributed by atoms with Crippen molar-refractivity contribution in [2.75, 3.05) is 6.54 Å². The zero-order valence-corrected chi connectivity index (χ0v) is 13.8. The zero-order valence-electron chi connectivity index (χ0n) is 13.8. The molecule has 0 aliphatic rings. The molecule has 1 unspecified atom stereocenters. The normalized spacial score (nSPS) is 12.8. The van der Waals surface area contributed by atoms with Gasteiger partial charge >= 0.3 is 0 Å². The van der Waals surface area contributed by atoms with E-state index in [1.54, 1.807) is 0 Å². The molecule has 0 aromatic carbocycles. The van der Waals surface area contributed by atoms with Crippen LogP contribution in [0.3, 0.4) is 0 Å². The minimum atomic E-state index is 0.543. The quantitative estimate of drug-likeness (QED) is 0.513. The third-order valence-electron chi connectivity index (χ3n) is 3.91. The van der Waals surface area contributed by atoms with Crippen LogP contribution in [0.2, 0.25) is 0 Å². The predicted octanol–water partition coefficient (Wildman–Crippen LogP) is 5.30.